The molecule has 0 amide bonds. The fraction of sp³-hybridized carbons (Fsp3) is 0.143. The summed E-state index contributed by atoms with van der Waals surface area (Å²) in [6.07, 6.45) is 0. The predicted molar refractivity (Wildman–Crippen MR) is 92.5 cm³/mol. The lowest BCUT2D eigenvalue weighted by Gasteiger charge is -2.12. The van der Waals surface area contributed by atoms with Gasteiger partial charge in [0.15, 0.2) is 0 Å². The fourth-order valence-corrected chi connectivity index (χ4v) is 4.20. The average molecular weight is 420 g/mol. The summed E-state index contributed by atoms with van der Waals surface area (Å²) in [7, 11) is -3.96. The number of hydrogen-bond acceptors (Lipinski definition) is 4. The molecule has 6 nitrogen and oxygen atoms in total. The Bertz CT molecular complexity index is 900. The van der Waals surface area contributed by atoms with Gasteiger partial charge in [0.2, 0.25) is 0 Å². The summed E-state index contributed by atoms with van der Waals surface area (Å²) in [4.78, 5) is 10.4. The summed E-state index contributed by atoms with van der Waals surface area (Å²) in [5.74, 6) is 0. The van der Waals surface area contributed by atoms with Crippen LogP contribution < -0.4 is 4.72 Å². The summed E-state index contributed by atoms with van der Waals surface area (Å²) in [5, 5.41) is 11.1. The van der Waals surface area contributed by atoms with E-state index in [1.165, 1.54) is 18.2 Å². The van der Waals surface area contributed by atoms with Crippen LogP contribution in [0, 0.1) is 24.0 Å². The summed E-state index contributed by atoms with van der Waals surface area (Å²) < 4.78 is 27.9. The normalized spacial score (nSPS) is 11.3. The Hall–Kier alpha value is -1.64. The molecule has 2 rings (SSSR count). The Morgan fingerprint density at radius 1 is 1.17 bits per heavy atom. The van der Waals surface area contributed by atoms with Crippen LogP contribution in [-0.4, -0.2) is 13.3 Å². The van der Waals surface area contributed by atoms with Crippen molar-refractivity contribution in [3.8, 4) is 0 Å². The van der Waals surface area contributed by atoms with Gasteiger partial charge >= 0.3 is 0 Å². The van der Waals surface area contributed by atoms with Crippen molar-refractivity contribution in [2.75, 3.05) is 4.72 Å². The van der Waals surface area contributed by atoms with E-state index in [1.807, 2.05) is 0 Å². The van der Waals surface area contributed by atoms with E-state index < -0.39 is 14.9 Å². The zero-order valence-electron chi connectivity index (χ0n) is 12.1. The molecule has 0 unspecified atom stereocenters. The third kappa shape index (κ3) is 3.82. The molecule has 0 bridgehead atoms. The minimum Gasteiger partial charge on any atom is -0.279 e. The molecule has 0 spiro atoms. The van der Waals surface area contributed by atoms with Gasteiger partial charge in [-0.05, 0) is 43.7 Å². The number of halogens is 2. The van der Waals surface area contributed by atoms with Gasteiger partial charge in [0.1, 0.15) is 4.90 Å². The van der Waals surface area contributed by atoms with E-state index in [-0.39, 0.29) is 21.3 Å². The number of sulfonamides is 1. The fourth-order valence-electron chi connectivity index (χ4n) is 2.04. The summed E-state index contributed by atoms with van der Waals surface area (Å²) in [6, 6.07) is 7.12. The maximum atomic E-state index is 12.5. The molecular weight excluding hydrogens is 408 g/mol. The first-order chi connectivity index (χ1) is 10.6. The average Bonchev–Trinajstić information content (AvgIpc) is 2.40. The first-order valence-electron chi connectivity index (χ1n) is 6.35. The molecule has 0 radical (unpaired) electrons. The lowest BCUT2D eigenvalue weighted by Crippen LogP contribution is -2.14. The summed E-state index contributed by atoms with van der Waals surface area (Å²) >= 11 is 9.17. The van der Waals surface area contributed by atoms with Crippen molar-refractivity contribution < 1.29 is 13.3 Å². The number of aryl methyl sites for hydroxylation is 2. The first kappa shape index (κ1) is 17.7. The topological polar surface area (TPSA) is 89.3 Å². The number of nitrogens with zero attached hydrogens (tertiary/aromatic N) is 1. The zero-order valence-corrected chi connectivity index (χ0v) is 15.3. The number of anilines is 1. The number of rotatable bonds is 4. The lowest BCUT2D eigenvalue weighted by molar-refractivity contribution is -0.385. The van der Waals surface area contributed by atoms with E-state index >= 15 is 0 Å². The van der Waals surface area contributed by atoms with Crippen LogP contribution >= 0.6 is 27.5 Å². The van der Waals surface area contributed by atoms with E-state index in [9.17, 15) is 18.5 Å². The predicted octanol–water partition coefficient (Wildman–Crippen LogP) is 4.43. The van der Waals surface area contributed by atoms with E-state index in [2.05, 4.69) is 20.7 Å². The highest BCUT2D eigenvalue weighted by Gasteiger charge is 2.21. The standard InChI is InChI=1S/C14H12BrClN2O4S/c1-8-5-9(2)13(18(19)20)7-12(8)17-23(21,22)14-4-3-10(15)6-11(14)16/h3-7,17H,1-2H3. The third-order valence-corrected chi connectivity index (χ3v) is 5.51. The largest absolute Gasteiger partial charge is 0.279 e. The van der Waals surface area contributed by atoms with Crippen LogP contribution in [0.2, 0.25) is 5.02 Å². The van der Waals surface area contributed by atoms with Gasteiger partial charge in [-0.1, -0.05) is 27.5 Å². The van der Waals surface area contributed by atoms with Crippen molar-refractivity contribution in [2.24, 2.45) is 0 Å². The molecule has 0 atom stereocenters. The van der Waals surface area contributed by atoms with Crippen molar-refractivity contribution in [1.29, 1.82) is 0 Å². The van der Waals surface area contributed by atoms with Crippen LogP contribution in [0.4, 0.5) is 11.4 Å². The number of nitro groups is 1. The SMILES string of the molecule is Cc1cc(C)c([N+](=O)[O-])cc1NS(=O)(=O)c1ccc(Br)cc1Cl. The first-order valence-corrected chi connectivity index (χ1v) is 9.01. The van der Waals surface area contributed by atoms with Crippen molar-refractivity contribution in [2.45, 2.75) is 18.7 Å². The van der Waals surface area contributed by atoms with Gasteiger partial charge in [0, 0.05) is 16.1 Å². The van der Waals surface area contributed by atoms with Crippen LogP contribution in [0.1, 0.15) is 11.1 Å². The van der Waals surface area contributed by atoms with Crippen LogP contribution in [0.15, 0.2) is 39.7 Å². The van der Waals surface area contributed by atoms with E-state index in [0.717, 1.165) is 0 Å². The Labute approximate surface area is 146 Å². The van der Waals surface area contributed by atoms with E-state index in [0.29, 0.717) is 15.6 Å². The van der Waals surface area contributed by atoms with Gasteiger partial charge in [-0.15, -0.1) is 0 Å². The zero-order chi connectivity index (χ0) is 17.4. The van der Waals surface area contributed by atoms with E-state index in [4.69, 9.17) is 11.6 Å². The second kappa shape index (κ2) is 6.46. The van der Waals surface area contributed by atoms with Gasteiger partial charge < -0.3 is 0 Å². The minimum atomic E-state index is -3.96. The quantitative estimate of drug-likeness (QED) is 0.586. The highest BCUT2D eigenvalue weighted by molar-refractivity contribution is 9.10. The molecule has 0 saturated heterocycles. The van der Waals surface area contributed by atoms with Crippen molar-refractivity contribution in [3.05, 3.63) is 61.1 Å². The second-order valence-electron chi connectivity index (χ2n) is 4.89. The van der Waals surface area contributed by atoms with Crippen molar-refractivity contribution >= 4 is 48.9 Å². The Morgan fingerprint density at radius 2 is 1.83 bits per heavy atom. The highest BCUT2D eigenvalue weighted by atomic mass is 79.9. The maximum absolute atomic E-state index is 12.5. The molecule has 2 aromatic carbocycles. The molecule has 0 heterocycles. The van der Waals surface area contributed by atoms with Crippen LogP contribution in [0.3, 0.4) is 0 Å². The van der Waals surface area contributed by atoms with Gasteiger partial charge in [-0.2, -0.15) is 0 Å². The highest BCUT2D eigenvalue weighted by Crippen LogP contribution is 2.30. The number of benzene rings is 2. The van der Waals surface area contributed by atoms with Gasteiger partial charge in [0.05, 0.1) is 15.6 Å². The molecule has 0 aliphatic heterocycles. The number of nitrogens with one attached hydrogen (secondary N) is 1. The molecule has 0 saturated carbocycles. The molecule has 0 aliphatic carbocycles. The van der Waals surface area contributed by atoms with Crippen molar-refractivity contribution in [3.63, 3.8) is 0 Å². The monoisotopic (exact) mass is 418 g/mol. The summed E-state index contributed by atoms with van der Waals surface area (Å²) in [6.45, 7) is 3.26. The van der Waals surface area contributed by atoms with Gasteiger partial charge in [-0.3, -0.25) is 14.8 Å². The Kier molecular flexibility index (Phi) is 4.98. The molecule has 1 N–H and O–H groups in total. The molecular formula is C14H12BrClN2O4S. The van der Waals surface area contributed by atoms with Gasteiger partial charge in [-0.25, -0.2) is 8.42 Å². The Balaban J connectivity index is 2.49. The van der Waals surface area contributed by atoms with Crippen LogP contribution in [0.5, 0.6) is 0 Å². The lowest BCUT2D eigenvalue weighted by atomic mass is 10.1. The molecule has 0 aliphatic rings. The van der Waals surface area contributed by atoms with Crippen molar-refractivity contribution in [1.82, 2.24) is 0 Å². The third-order valence-electron chi connectivity index (χ3n) is 3.17. The van der Waals surface area contributed by atoms with Crippen LogP contribution in [0.25, 0.3) is 0 Å². The van der Waals surface area contributed by atoms with E-state index in [1.54, 1.807) is 26.0 Å². The molecule has 0 fully saturated rings. The maximum Gasteiger partial charge on any atom is 0.274 e. The second-order valence-corrected chi connectivity index (χ2v) is 7.86. The molecule has 0 aromatic heterocycles. The smallest absolute Gasteiger partial charge is 0.274 e. The molecule has 23 heavy (non-hydrogen) atoms. The molecule has 2 aromatic rings. The molecule has 122 valence electrons. The molecule has 9 heteroatoms. The van der Waals surface area contributed by atoms with Gasteiger partial charge in [0.25, 0.3) is 15.7 Å². The number of nitro benzene ring substituents is 1. The minimum absolute atomic E-state index is 0.0474. The summed E-state index contributed by atoms with van der Waals surface area (Å²) in [5.41, 5.74) is 1.01. The Morgan fingerprint density at radius 3 is 2.39 bits per heavy atom. The van der Waals surface area contributed by atoms with Crippen LogP contribution in [-0.2, 0) is 10.0 Å². The number of hydrogen-bond donors (Lipinski definition) is 1.